The number of rotatable bonds is 6. The Morgan fingerprint density at radius 3 is 2.67 bits per heavy atom. The number of nitrogens with zero attached hydrogens (tertiary/aromatic N) is 3. The van der Waals surface area contributed by atoms with Gasteiger partial charge >= 0.3 is 0 Å². The van der Waals surface area contributed by atoms with E-state index in [-0.39, 0.29) is 5.78 Å². The molecule has 3 aromatic heterocycles. The number of pyridine rings is 1. The smallest absolute Gasteiger partial charge is 0.167 e. The quantitative estimate of drug-likeness (QED) is 0.298. The molecule has 5 nitrogen and oxygen atoms in total. The lowest BCUT2D eigenvalue weighted by Gasteiger charge is -2.10. The van der Waals surface area contributed by atoms with Gasteiger partial charge in [0, 0.05) is 23.2 Å². The first-order chi connectivity index (χ1) is 16.0. The molecule has 33 heavy (non-hydrogen) atoms. The fourth-order valence-corrected chi connectivity index (χ4v) is 4.46. The van der Waals surface area contributed by atoms with Gasteiger partial charge in [0.2, 0.25) is 0 Å². The third-order valence-electron chi connectivity index (χ3n) is 5.37. The van der Waals surface area contributed by atoms with Gasteiger partial charge in [-0.3, -0.25) is 9.78 Å². The molecule has 0 spiro atoms. The highest BCUT2D eigenvalue weighted by Crippen LogP contribution is 2.31. The van der Waals surface area contributed by atoms with E-state index in [9.17, 15) is 4.79 Å². The zero-order valence-electron chi connectivity index (χ0n) is 18.4. The number of carbonyl (C=O) groups excluding carboxylic acids is 1. The number of benzene rings is 2. The van der Waals surface area contributed by atoms with Gasteiger partial charge in [-0.2, -0.15) is 0 Å². The second-order valence-electron chi connectivity index (χ2n) is 8.01. The highest BCUT2D eigenvalue weighted by atomic mass is 32.1. The maximum atomic E-state index is 12.8. The minimum absolute atomic E-state index is 0.0966. The Bertz CT molecular complexity index is 1460. The summed E-state index contributed by atoms with van der Waals surface area (Å²) in [6.45, 7) is 3.95. The predicted octanol–water partition coefficient (Wildman–Crippen LogP) is 6.54. The van der Waals surface area contributed by atoms with Gasteiger partial charge in [0.1, 0.15) is 0 Å². The zero-order valence-corrected chi connectivity index (χ0v) is 19.2. The minimum atomic E-state index is 0.0966. The minimum Gasteiger partial charge on any atom is -0.338 e. The lowest BCUT2D eigenvalue weighted by atomic mass is 10.00. The molecule has 6 heteroatoms. The van der Waals surface area contributed by atoms with Crippen molar-refractivity contribution in [1.29, 1.82) is 0 Å². The molecule has 162 valence electrons. The highest BCUT2D eigenvalue weighted by Gasteiger charge is 2.13. The molecule has 0 aliphatic heterocycles. The monoisotopic (exact) mass is 450 g/mol. The standard InChI is InChI=1S/C27H22N4OS/c1-17-5-3-7-20(13-17)24(32)15-19-6-4-8-21(14-19)26-30-23-11-12-33-25(23)27(31-26)29-22-10-9-18(2)28-16-22/h3-14,16H,15H2,1-2H3,(H,29,30,31). The molecule has 0 aliphatic rings. The molecule has 1 N–H and O–H groups in total. The average Bonchev–Trinajstić information content (AvgIpc) is 3.30. The highest BCUT2D eigenvalue weighted by molar-refractivity contribution is 7.17. The van der Waals surface area contributed by atoms with Crippen LogP contribution in [0, 0.1) is 13.8 Å². The van der Waals surface area contributed by atoms with E-state index in [1.807, 2.05) is 86.0 Å². The van der Waals surface area contributed by atoms with Crippen LogP contribution in [0.4, 0.5) is 11.5 Å². The molecule has 5 rings (SSSR count). The van der Waals surface area contributed by atoms with E-state index in [0.717, 1.165) is 49.7 Å². The van der Waals surface area contributed by atoms with Crippen molar-refractivity contribution in [3.8, 4) is 11.4 Å². The summed E-state index contributed by atoms with van der Waals surface area (Å²) in [6.07, 6.45) is 2.13. The Balaban J connectivity index is 1.46. The maximum Gasteiger partial charge on any atom is 0.167 e. The molecule has 0 saturated carbocycles. The number of anilines is 2. The predicted molar refractivity (Wildman–Crippen MR) is 134 cm³/mol. The number of thiophene rings is 1. The molecular weight excluding hydrogens is 428 g/mol. The summed E-state index contributed by atoms with van der Waals surface area (Å²) in [5.41, 5.74) is 6.34. The first-order valence-electron chi connectivity index (χ1n) is 10.7. The first-order valence-corrected chi connectivity index (χ1v) is 11.6. The summed E-state index contributed by atoms with van der Waals surface area (Å²) in [4.78, 5) is 26.7. The molecule has 0 amide bonds. The Hall–Kier alpha value is -3.90. The van der Waals surface area contributed by atoms with E-state index in [1.165, 1.54) is 0 Å². The van der Waals surface area contributed by atoms with Crippen LogP contribution in [0.15, 0.2) is 78.3 Å². The number of aromatic nitrogens is 3. The van der Waals surface area contributed by atoms with Crippen LogP contribution in [0.25, 0.3) is 21.6 Å². The number of ketones is 1. The Kier molecular flexibility index (Phi) is 5.67. The van der Waals surface area contributed by atoms with Crippen molar-refractivity contribution in [3.63, 3.8) is 0 Å². The van der Waals surface area contributed by atoms with Crippen molar-refractivity contribution in [3.05, 3.63) is 101 Å². The van der Waals surface area contributed by atoms with Crippen LogP contribution in [0.5, 0.6) is 0 Å². The van der Waals surface area contributed by atoms with Crippen LogP contribution in [0.2, 0.25) is 0 Å². The summed E-state index contributed by atoms with van der Waals surface area (Å²) in [6, 6.07) is 21.5. The van der Waals surface area contributed by atoms with Gasteiger partial charge in [0.15, 0.2) is 17.4 Å². The molecule has 3 heterocycles. The van der Waals surface area contributed by atoms with E-state index >= 15 is 0 Å². The van der Waals surface area contributed by atoms with E-state index in [1.54, 1.807) is 17.5 Å². The molecule has 0 atom stereocenters. The van der Waals surface area contributed by atoms with Crippen LogP contribution in [-0.2, 0) is 6.42 Å². The number of aryl methyl sites for hydroxylation is 2. The van der Waals surface area contributed by atoms with Gasteiger partial charge in [-0.25, -0.2) is 9.97 Å². The van der Waals surface area contributed by atoms with Crippen molar-refractivity contribution < 1.29 is 4.79 Å². The number of hydrogen-bond acceptors (Lipinski definition) is 6. The maximum absolute atomic E-state index is 12.8. The molecule has 0 radical (unpaired) electrons. The third kappa shape index (κ3) is 4.66. The number of fused-ring (bicyclic) bond motifs is 1. The van der Waals surface area contributed by atoms with Gasteiger partial charge in [0.25, 0.3) is 0 Å². The van der Waals surface area contributed by atoms with Gasteiger partial charge in [0.05, 0.1) is 22.1 Å². The summed E-state index contributed by atoms with van der Waals surface area (Å²) in [5.74, 6) is 1.46. The Labute approximate surface area is 196 Å². The summed E-state index contributed by atoms with van der Waals surface area (Å²) in [7, 11) is 0. The molecule has 0 aliphatic carbocycles. The second-order valence-corrected chi connectivity index (χ2v) is 8.93. The number of carbonyl (C=O) groups is 1. The molecule has 0 fully saturated rings. The Morgan fingerprint density at radius 2 is 1.85 bits per heavy atom. The van der Waals surface area contributed by atoms with Crippen molar-refractivity contribution in [1.82, 2.24) is 15.0 Å². The van der Waals surface area contributed by atoms with Gasteiger partial charge in [-0.1, -0.05) is 42.0 Å². The van der Waals surface area contributed by atoms with Crippen LogP contribution in [0.1, 0.15) is 27.2 Å². The fraction of sp³-hybridized carbons (Fsp3) is 0.111. The molecular formula is C27H22N4OS. The van der Waals surface area contributed by atoms with Crippen LogP contribution < -0.4 is 5.32 Å². The van der Waals surface area contributed by atoms with Gasteiger partial charge in [-0.05, 0) is 55.1 Å². The molecule has 0 bridgehead atoms. The molecule has 2 aromatic carbocycles. The topological polar surface area (TPSA) is 67.8 Å². The summed E-state index contributed by atoms with van der Waals surface area (Å²) < 4.78 is 0.991. The summed E-state index contributed by atoms with van der Waals surface area (Å²) >= 11 is 1.60. The fourth-order valence-electron chi connectivity index (χ4n) is 3.68. The van der Waals surface area contributed by atoms with E-state index in [2.05, 4.69) is 10.3 Å². The normalized spacial score (nSPS) is 11.0. The molecule has 0 unspecified atom stereocenters. The number of hydrogen-bond donors (Lipinski definition) is 1. The van der Waals surface area contributed by atoms with E-state index < -0.39 is 0 Å². The third-order valence-corrected chi connectivity index (χ3v) is 6.28. The lowest BCUT2D eigenvalue weighted by molar-refractivity contribution is 0.0993. The first kappa shape index (κ1) is 21.0. The van der Waals surface area contributed by atoms with Crippen molar-refractivity contribution >= 4 is 38.8 Å². The van der Waals surface area contributed by atoms with Crippen LogP contribution >= 0.6 is 11.3 Å². The van der Waals surface area contributed by atoms with Crippen LogP contribution in [-0.4, -0.2) is 20.7 Å². The molecule has 0 saturated heterocycles. The zero-order chi connectivity index (χ0) is 22.8. The largest absolute Gasteiger partial charge is 0.338 e. The average molecular weight is 451 g/mol. The Morgan fingerprint density at radius 1 is 0.970 bits per heavy atom. The number of Topliss-reactive ketones (excluding diaryl/α,β-unsaturated/α-hetero) is 1. The van der Waals surface area contributed by atoms with Crippen LogP contribution in [0.3, 0.4) is 0 Å². The van der Waals surface area contributed by atoms with Crippen molar-refractivity contribution in [2.75, 3.05) is 5.32 Å². The number of nitrogens with one attached hydrogen (secondary N) is 1. The molecule has 5 aromatic rings. The van der Waals surface area contributed by atoms with E-state index in [0.29, 0.717) is 12.2 Å². The lowest BCUT2D eigenvalue weighted by Crippen LogP contribution is -2.04. The second kappa shape index (κ2) is 8.92. The van der Waals surface area contributed by atoms with Gasteiger partial charge < -0.3 is 5.32 Å². The SMILES string of the molecule is Cc1cccc(C(=O)Cc2cccc(-c3nc(Nc4ccc(C)nc4)c4sccc4n3)c2)c1. The van der Waals surface area contributed by atoms with E-state index in [4.69, 9.17) is 9.97 Å². The van der Waals surface area contributed by atoms with Gasteiger partial charge in [-0.15, -0.1) is 11.3 Å². The van der Waals surface area contributed by atoms with Crippen molar-refractivity contribution in [2.45, 2.75) is 20.3 Å². The summed E-state index contributed by atoms with van der Waals surface area (Å²) in [5, 5.41) is 5.40. The van der Waals surface area contributed by atoms with Crippen molar-refractivity contribution in [2.24, 2.45) is 0 Å².